The summed E-state index contributed by atoms with van der Waals surface area (Å²) in [5.41, 5.74) is 1.72. The average Bonchev–Trinajstić information content (AvgIpc) is 2.68. The quantitative estimate of drug-likeness (QED) is 0.351. The fraction of sp³-hybridized carbons (Fsp3) is 0.250. The maximum atomic E-state index is 11.2. The summed E-state index contributed by atoms with van der Waals surface area (Å²) >= 11 is 5.74. The van der Waals surface area contributed by atoms with E-state index in [0.717, 1.165) is 5.57 Å². The highest BCUT2D eigenvalue weighted by molar-refractivity contribution is 6.30. The molecule has 0 saturated heterocycles. The molecule has 170 valence electrons. The molecule has 3 aromatic rings. The Kier molecular flexibility index (Phi) is 9.16. The van der Waals surface area contributed by atoms with E-state index in [1.165, 1.54) is 18.2 Å². The first-order chi connectivity index (χ1) is 15.1. The Morgan fingerprint density at radius 2 is 1.94 bits per heavy atom. The third kappa shape index (κ3) is 8.35. The van der Waals surface area contributed by atoms with Gasteiger partial charge in [0.1, 0.15) is 12.2 Å². The van der Waals surface area contributed by atoms with E-state index in [4.69, 9.17) is 25.5 Å². The molecule has 3 rings (SSSR count). The smallest absolute Gasteiger partial charge is 0.411 e. The number of carbonyl (C=O) groups is 1. The SMILES string of the molecule is CC(C)=CCOc1cc2oc(=O)ccc2cc1O.CC(C)OC(=O)Nc1cccc(Cl)c1. The van der Waals surface area contributed by atoms with Gasteiger partial charge in [0.2, 0.25) is 0 Å². The van der Waals surface area contributed by atoms with Crippen molar-refractivity contribution in [3.63, 3.8) is 0 Å². The Morgan fingerprint density at radius 1 is 1.19 bits per heavy atom. The van der Waals surface area contributed by atoms with Crippen LogP contribution in [0.4, 0.5) is 10.5 Å². The van der Waals surface area contributed by atoms with Crippen molar-refractivity contribution in [1.82, 2.24) is 0 Å². The van der Waals surface area contributed by atoms with Gasteiger partial charge in [-0.15, -0.1) is 0 Å². The zero-order valence-electron chi connectivity index (χ0n) is 18.3. The number of phenols is 1. The molecule has 0 spiro atoms. The first kappa shape index (κ1) is 24.8. The summed E-state index contributed by atoms with van der Waals surface area (Å²) in [5.74, 6) is 0.327. The second kappa shape index (κ2) is 11.8. The molecule has 8 heteroatoms. The highest BCUT2D eigenvalue weighted by atomic mass is 35.5. The Balaban J connectivity index is 0.000000235. The minimum absolute atomic E-state index is 0.0264. The van der Waals surface area contributed by atoms with Crippen molar-refractivity contribution < 1.29 is 23.8 Å². The summed E-state index contributed by atoms with van der Waals surface area (Å²) in [6.45, 7) is 7.86. The van der Waals surface area contributed by atoms with Crippen LogP contribution in [-0.4, -0.2) is 23.9 Å². The lowest BCUT2D eigenvalue weighted by atomic mass is 10.2. The van der Waals surface area contributed by atoms with Crippen LogP contribution >= 0.6 is 11.6 Å². The number of allylic oxidation sites excluding steroid dienone is 1. The summed E-state index contributed by atoms with van der Waals surface area (Å²) in [6, 6.07) is 12.8. The number of halogens is 1. The molecule has 1 heterocycles. The summed E-state index contributed by atoms with van der Waals surface area (Å²) < 4.78 is 15.3. The maximum Gasteiger partial charge on any atom is 0.411 e. The number of carbonyl (C=O) groups excluding carboxylic acids is 1. The average molecular weight is 460 g/mol. The van der Waals surface area contributed by atoms with Crippen LogP contribution in [0.3, 0.4) is 0 Å². The molecular weight excluding hydrogens is 434 g/mol. The van der Waals surface area contributed by atoms with Gasteiger partial charge in [-0.25, -0.2) is 9.59 Å². The van der Waals surface area contributed by atoms with Crippen LogP contribution < -0.4 is 15.7 Å². The number of benzene rings is 2. The number of nitrogens with one attached hydrogen (secondary N) is 1. The maximum absolute atomic E-state index is 11.2. The molecule has 2 aromatic carbocycles. The topological polar surface area (TPSA) is 98.0 Å². The van der Waals surface area contributed by atoms with Crippen LogP contribution in [0.5, 0.6) is 11.5 Å². The summed E-state index contributed by atoms with van der Waals surface area (Å²) in [4.78, 5) is 22.3. The van der Waals surface area contributed by atoms with E-state index in [-0.39, 0.29) is 11.9 Å². The van der Waals surface area contributed by atoms with Gasteiger partial charge in [0.15, 0.2) is 11.5 Å². The van der Waals surface area contributed by atoms with Crippen molar-refractivity contribution in [2.45, 2.75) is 33.8 Å². The Hall–Kier alpha value is -3.45. The number of amides is 1. The van der Waals surface area contributed by atoms with Gasteiger partial charge >= 0.3 is 11.7 Å². The number of anilines is 1. The van der Waals surface area contributed by atoms with Crippen molar-refractivity contribution in [1.29, 1.82) is 0 Å². The van der Waals surface area contributed by atoms with Gasteiger partial charge < -0.3 is 19.0 Å². The Labute approximate surface area is 191 Å². The minimum atomic E-state index is -0.470. The molecule has 0 radical (unpaired) electrons. The van der Waals surface area contributed by atoms with Crippen molar-refractivity contribution in [2.24, 2.45) is 0 Å². The predicted octanol–water partition coefficient (Wildman–Crippen LogP) is 6.14. The number of hydrogen-bond acceptors (Lipinski definition) is 6. The van der Waals surface area contributed by atoms with Gasteiger partial charge in [0.25, 0.3) is 0 Å². The molecule has 1 aromatic heterocycles. The van der Waals surface area contributed by atoms with Gasteiger partial charge in [-0.3, -0.25) is 5.32 Å². The normalized spacial score (nSPS) is 10.2. The number of hydrogen-bond donors (Lipinski definition) is 2. The Morgan fingerprint density at radius 3 is 2.59 bits per heavy atom. The summed E-state index contributed by atoms with van der Waals surface area (Å²) in [5, 5.41) is 13.6. The first-order valence-corrected chi connectivity index (χ1v) is 10.3. The minimum Gasteiger partial charge on any atom is -0.504 e. The monoisotopic (exact) mass is 459 g/mol. The van der Waals surface area contributed by atoms with Crippen molar-refractivity contribution in [3.8, 4) is 11.5 Å². The number of phenolic OH excluding ortho intramolecular Hbond substituents is 1. The molecule has 0 aliphatic heterocycles. The molecule has 0 atom stereocenters. The second-order valence-electron chi connectivity index (χ2n) is 7.29. The molecule has 0 saturated carbocycles. The summed E-state index contributed by atoms with van der Waals surface area (Å²) in [6.07, 6.45) is 1.29. The van der Waals surface area contributed by atoms with Crippen LogP contribution in [0.15, 0.2) is 69.4 Å². The van der Waals surface area contributed by atoms with Crippen LogP contribution in [0.1, 0.15) is 27.7 Å². The third-order valence-corrected chi connectivity index (χ3v) is 4.08. The molecule has 7 nitrogen and oxygen atoms in total. The van der Waals surface area contributed by atoms with E-state index < -0.39 is 11.7 Å². The molecule has 0 bridgehead atoms. The van der Waals surface area contributed by atoms with Gasteiger partial charge in [-0.1, -0.05) is 23.2 Å². The van der Waals surface area contributed by atoms with E-state index in [2.05, 4.69) is 5.32 Å². The van der Waals surface area contributed by atoms with Crippen molar-refractivity contribution in [2.75, 3.05) is 11.9 Å². The number of rotatable bonds is 5. The van der Waals surface area contributed by atoms with Crippen LogP contribution in [0.25, 0.3) is 11.0 Å². The largest absolute Gasteiger partial charge is 0.504 e. The van der Waals surface area contributed by atoms with E-state index >= 15 is 0 Å². The van der Waals surface area contributed by atoms with Gasteiger partial charge in [-0.05, 0) is 64.1 Å². The lowest BCUT2D eigenvalue weighted by molar-refractivity contribution is 0.130. The number of fused-ring (bicyclic) bond motifs is 1. The predicted molar refractivity (Wildman–Crippen MR) is 126 cm³/mol. The van der Waals surface area contributed by atoms with Crippen molar-refractivity contribution >= 4 is 34.4 Å². The summed E-state index contributed by atoms with van der Waals surface area (Å²) in [7, 11) is 0. The third-order valence-electron chi connectivity index (χ3n) is 3.85. The zero-order valence-corrected chi connectivity index (χ0v) is 19.1. The lowest BCUT2D eigenvalue weighted by Crippen LogP contribution is -2.17. The van der Waals surface area contributed by atoms with Crippen molar-refractivity contribution in [3.05, 3.63) is 75.6 Å². The van der Waals surface area contributed by atoms with E-state index in [1.807, 2.05) is 19.9 Å². The van der Waals surface area contributed by atoms with Gasteiger partial charge in [0.05, 0.1) is 6.10 Å². The fourth-order valence-electron chi connectivity index (χ4n) is 2.43. The first-order valence-electron chi connectivity index (χ1n) is 9.90. The fourth-order valence-corrected chi connectivity index (χ4v) is 2.62. The lowest BCUT2D eigenvalue weighted by Gasteiger charge is -2.09. The molecule has 0 aliphatic rings. The molecule has 32 heavy (non-hydrogen) atoms. The van der Waals surface area contributed by atoms with E-state index in [0.29, 0.717) is 34.0 Å². The highest BCUT2D eigenvalue weighted by Crippen LogP contribution is 2.30. The Bertz CT molecular complexity index is 1150. The molecular formula is C24H26ClNO6. The van der Waals surface area contributed by atoms with Crippen LogP contribution in [0, 0.1) is 0 Å². The van der Waals surface area contributed by atoms with E-state index in [9.17, 15) is 14.7 Å². The molecule has 0 aliphatic carbocycles. The van der Waals surface area contributed by atoms with Crippen LogP contribution in [0.2, 0.25) is 5.02 Å². The molecule has 0 unspecified atom stereocenters. The standard InChI is InChI=1S/C14H14O4.C10H12ClNO2/c1-9(2)5-6-17-13-8-12-10(7-11(13)15)3-4-14(16)18-12;1-7(2)14-10(13)12-9-5-3-4-8(11)6-9/h3-5,7-8,15H,6H2,1-2H3;3-7H,1-2H3,(H,12,13). The second-order valence-corrected chi connectivity index (χ2v) is 7.73. The zero-order chi connectivity index (χ0) is 23.7. The highest BCUT2D eigenvalue weighted by Gasteiger charge is 2.07. The molecule has 2 N–H and O–H groups in total. The van der Waals surface area contributed by atoms with Crippen LogP contribution in [-0.2, 0) is 4.74 Å². The van der Waals surface area contributed by atoms with Gasteiger partial charge in [-0.2, -0.15) is 0 Å². The number of aromatic hydroxyl groups is 1. The molecule has 0 fully saturated rings. The van der Waals surface area contributed by atoms with E-state index in [1.54, 1.807) is 44.2 Å². The molecule has 1 amide bonds. The number of ether oxygens (including phenoxy) is 2. The van der Waals surface area contributed by atoms with Gasteiger partial charge in [0, 0.05) is 28.2 Å².